The molecule has 0 saturated heterocycles. The normalized spacial score (nSPS) is 10.0. The summed E-state index contributed by atoms with van der Waals surface area (Å²) in [7, 11) is 0. The number of anilines is 1. The Bertz CT molecular complexity index is 366. The van der Waals surface area contributed by atoms with Crippen LogP contribution in [0.25, 0.3) is 5.69 Å². The molecule has 2 N–H and O–H groups in total. The Hall–Kier alpha value is -1.84. The van der Waals surface area contributed by atoms with Crippen molar-refractivity contribution >= 4 is 5.69 Å². The third-order valence-corrected chi connectivity index (χ3v) is 1.57. The molecule has 1 aromatic heterocycles. The number of benzene rings is 1. The summed E-state index contributed by atoms with van der Waals surface area (Å²) in [4.78, 5) is 1.50. The fourth-order valence-electron chi connectivity index (χ4n) is 1.01. The summed E-state index contributed by atoms with van der Waals surface area (Å²) in [6.07, 6.45) is 3.24. The Balaban J connectivity index is 2.55. The predicted molar refractivity (Wildman–Crippen MR) is 45.8 cm³/mol. The Morgan fingerprint density at radius 2 is 1.75 bits per heavy atom. The highest BCUT2D eigenvalue weighted by atomic mass is 15.5. The lowest BCUT2D eigenvalue weighted by Crippen LogP contribution is -2.02. The van der Waals surface area contributed by atoms with Gasteiger partial charge in [0.05, 0.1) is 18.1 Å². The molecule has 60 valence electrons. The molecule has 0 atom stereocenters. The molecule has 2 aromatic rings. The minimum absolute atomic E-state index is 0.675. The smallest absolute Gasteiger partial charge is 0.109 e. The third kappa shape index (κ3) is 1.03. The second-order valence-corrected chi connectivity index (χ2v) is 2.38. The van der Waals surface area contributed by atoms with Gasteiger partial charge in [0.2, 0.25) is 0 Å². The zero-order valence-corrected chi connectivity index (χ0v) is 6.38. The first-order chi connectivity index (χ1) is 5.88. The van der Waals surface area contributed by atoms with Crippen molar-refractivity contribution in [3.8, 4) is 5.69 Å². The van der Waals surface area contributed by atoms with Crippen LogP contribution < -0.4 is 5.73 Å². The second kappa shape index (κ2) is 2.65. The van der Waals surface area contributed by atoms with Crippen molar-refractivity contribution in [3.05, 3.63) is 36.7 Å². The van der Waals surface area contributed by atoms with E-state index < -0.39 is 0 Å². The molecular weight excluding hydrogens is 152 g/mol. The van der Waals surface area contributed by atoms with Gasteiger partial charge in [-0.05, 0) is 12.1 Å². The first-order valence-corrected chi connectivity index (χ1v) is 3.59. The highest BCUT2D eigenvalue weighted by Crippen LogP contribution is 2.12. The Morgan fingerprint density at radius 3 is 2.42 bits per heavy atom. The van der Waals surface area contributed by atoms with E-state index in [0.717, 1.165) is 5.69 Å². The topological polar surface area (TPSA) is 56.7 Å². The van der Waals surface area contributed by atoms with Gasteiger partial charge in [-0.2, -0.15) is 10.2 Å². The molecule has 0 aliphatic rings. The molecule has 0 fully saturated rings. The van der Waals surface area contributed by atoms with Crippen LogP contribution in [0.2, 0.25) is 0 Å². The molecule has 0 aliphatic heterocycles. The molecule has 0 aliphatic carbocycles. The lowest BCUT2D eigenvalue weighted by atomic mass is 10.3. The fraction of sp³-hybridized carbons (Fsp3) is 0. The molecule has 0 radical (unpaired) electrons. The number of nitrogens with zero attached hydrogens (tertiary/aromatic N) is 3. The maximum absolute atomic E-state index is 5.71. The molecule has 0 bridgehead atoms. The zero-order chi connectivity index (χ0) is 8.39. The van der Waals surface area contributed by atoms with Crippen LogP contribution >= 0.6 is 0 Å². The van der Waals surface area contributed by atoms with Crippen LogP contribution in [0, 0.1) is 0 Å². The van der Waals surface area contributed by atoms with Gasteiger partial charge in [-0.1, -0.05) is 12.1 Å². The van der Waals surface area contributed by atoms with Gasteiger partial charge in [0.15, 0.2) is 0 Å². The van der Waals surface area contributed by atoms with E-state index in [9.17, 15) is 0 Å². The number of para-hydroxylation sites is 2. The largest absolute Gasteiger partial charge is 0.397 e. The number of aromatic nitrogens is 3. The van der Waals surface area contributed by atoms with Crippen LogP contribution in [-0.2, 0) is 0 Å². The standard InChI is InChI=1S/C8H8N4/c9-7-3-1-2-4-8(7)12-10-5-6-11-12/h1-6H,9H2. The quantitative estimate of drug-likeness (QED) is 0.629. The summed E-state index contributed by atoms with van der Waals surface area (Å²) in [6, 6.07) is 7.46. The van der Waals surface area contributed by atoms with Crippen molar-refractivity contribution in [2.24, 2.45) is 0 Å². The van der Waals surface area contributed by atoms with E-state index in [2.05, 4.69) is 10.2 Å². The summed E-state index contributed by atoms with van der Waals surface area (Å²) in [5, 5.41) is 7.95. The summed E-state index contributed by atoms with van der Waals surface area (Å²) in [5.41, 5.74) is 7.19. The Morgan fingerprint density at radius 1 is 1.08 bits per heavy atom. The maximum Gasteiger partial charge on any atom is 0.109 e. The number of hydrogen-bond acceptors (Lipinski definition) is 3. The molecule has 2 rings (SSSR count). The number of rotatable bonds is 1. The molecule has 4 heteroatoms. The van der Waals surface area contributed by atoms with E-state index in [0.29, 0.717) is 5.69 Å². The van der Waals surface area contributed by atoms with Gasteiger partial charge in [0.25, 0.3) is 0 Å². The van der Waals surface area contributed by atoms with Crippen LogP contribution in [0.15, 0.2) is 36.7 Å². The summed E-state index contributed by atoms with van der Waals surface area (Å²) >= 11 is 0. The van der Waals surface area contributed by atoms with E-state index in [-0.39, 0.29) is 0 Å². The summed E-state index contributed by atoms with van der Waals surface area (Å²) in [6.45, 7) is 0. The van der Waals surface area contributed by atoms with E-state index in [1.165, 1.54) is 4.80 Å². The van der Waals surface area contributed by atoms with Crippen LogP contribution in [-0.4, -0.2) is 15.0 Å². The third-order valence-electron chi connectivity index (χ3n) is 1.57. The van der Waals surface area contributed by atoms with Crippen LogP contribution in [0.3, 0.4) is 0 Å². The van der Waals surface area contributed by atoms with E-state index >= 15 is 0 Å². The highest BCUT2D eigenvalue weighted by molar-refractivity contribution is 5.56. The van der Waals surface area contributed by atoms with Crippen molar-refractivity contribution in [3.63, 3.8) is 0 Å². The van der Waals surface area contributed by atoms with Crippen molar-refractivity contribution in [1.29, 1.82) is 0 Å². The van der Waals surface area contributed by atoms with Crippen LogP contribution in [0.5, 0.6) is 0 Å². The summed E-state index contributed by atoms with van der Waals surface area (Å²) in [5.74, 6) is 0. The van der Waals surface area contributed by atoms with Gasteiger partial charge in [0.1, 0.15) is 5.69 Å². The molecule has 0 saturated carbocycles. The Labute approximate surface area is 69.6 Å². The van der Waals surface area contributed by atoms with Crippen molar-refractivity contribution < 1.29 is 0 Å². The zero-order valence-electron chi connectivity index (χ0n) is 6.38. The minimum atomic E-state index is 0.675. The molecule has 0 unspecified atom stereocenters. The van der Waals surface area contributed by atoms with E-state index in [4.69, 9.17) is 5.73 Å². The lowest BCUT2D eigenvalue weighted by Gasteiger charge is -2.01. The molecule has 4 nitrogen and oxygen atoms in total. The van der Waals surface area contributed by atoms with Crippen LogP contribution in [0.4, 0.5) is 5.69 Å². The average Bonchev–Trinajstić information content (AvgIpc) is 2.57. The van der Waals surface area contributed by atoms with Gasteiger partial charge >= 0.3 is 0 Å². The second-order valence-electron chi connectivity index (χ2n) is 2.38. The number of hydrogen-bond donors (Lipinski definition) is 1. The van der Waals surface area contributed by atoms with Crippen LogP contribution in [0.1, 0.15) is 0 Å². The van der Waals surface area contributed by atoms with Gasteiger partial charge in [-0.25, -0.2) is 0 Å². The molecule has 12 heavy (non-hydrogen) atoms. The molecule has 0 spiro atoms. The summed E-state index contributed by atoms with van der Waals surface area (Å²) < 4.78 is 0. The molecule has 0 amide bonds. The fourth-order valence-corrected chi connectivity index (χ4v) is 1.01. The van der Waals surface area contributed by atoms with E-state index in [1.807, 2.05) is 24.3 Å². The minimum Gasteiger partial charge on any atom is -0.397 e. The monoisotopic (exact) mass is 160 g/mol. The SMILES string of the molecule is Nc1ccccc1-n1nccn1. The maximum atomic E-state index is 5.71. The first kappa shape index (κ1) is 6.84. The van der Waals surface area contributed by atoms with Crippen molar-refractivity contribution in [2.45, 2.75) is 0 Å². The van der Waals surface area contributed by atoms with Gasteiger partial charge in [-0.3, -0.25) is 0 Å². The first-order valence-electron chi connectivity index (χ1n) is 3.59. The molecule has 1 heterocycles. The predicted octanol–water partition coefficient (Wildman–Crippen LogP) is 0.849. The van der Waals surface area contributed by atoms with Gasteiger partial charge < -0.3 is 5.73 Å². The Kier molecular flexibility index (Phi) is 1.51. The molecular formula is C8H8N4. The molecule has 1 aromatic carbocycles. The van der Waals surface area contributed by atoms with Gasteiger partial charge in [0, 0.05) is 0 Å². The van der Waals surface area contributed by atoms with E-state index in [1.54, 1.807) is 12.4 Å². The number of nitrogen functional groups attached to an aromatic ring is 1. The average molecular weight is 160 g/mol. The van der Waals surface area contributed by atoms with Gasteiger partial charge in [-0.15, -0.1) is 4.80 Å². The number of nitrogens with two attached hydrogens (primary N) is 1. The lowest BCUT2D eigenvalue weighted by molar-refractivity contribution is 0.754. The van der Waals surface area contributed by atoms with Crippen molar-refractivity contribution in [2.75, 3.05) is 5.73 Å². The van der Waals surface area contributed by atoms with Crippen molar-refractivity contribution in [1.82, 2.24) is 15.0 Å². The highest BCUT2D eigenvalue weighted by Gasteiger charge is 1.99.